The summed E-state index contributed by atoms with van der Waals surface area (Å²) in [6.45, 7) is 5.45. The van der Waals surface area contributed by atoms with Gasteiger partial charge in [-0.1, -0.05) is 51.1 Å². The Bertz CT molecular complexity index is 749. The predicted molar refractivity (Wildman–Crippen MR) is 103 cm³/mol. The monoisotopic (exact) mass is 354 g/mol. The Balaban J connectivity index is 2.35. The standard InChI is InChI=1S/C21H26N2O3/c1-21(2,3)20(25)22-18(15-11-13-17(26-5)14-12-15)19(24)23(4)16-9-7-6-8-10-16/h6-14,18H,1-5H3,(H,22,25)/t18-/m0/s1. The van der Waals surface area contributed by atoms with Crippen molar-refractivity contribution in [3.63, 3.8) is 0 Å². The number of benzene rings is 2. The van der Waals surface area contributed by atoms with Gasteiger partial charge in [0.2, 0.25) is 5.91 Å². The third-order valence-electron chi connectivity index (χ3n) is 4.13. The molecule has 5 heteroatoms. The van der Waals surface area contributed by atoms with Crippen LogP contribution >= 0.6 is 0 Å². The number of para-hydroxylation sites is 1. The molecule has 0 fully saturated rings. The number of likely N-dealkylation sites (N-methyl/N-ethyl adjacent to an activating group) is 1. The van der Waals surface area contributed by atoms with E-state index < -0.39 is 11.5 Å². The van der Waals surface area contributed by atoms with E-state index in [4.69, 9.17) is 4.74 Å². The van der Waals surface area contributed by atoms with E-state index in [1.807, 2.05) is 51.1 Å². The van der Waals surface area contributed by atoms with Crippen LogP contribution in [-0.2, 0) is 9.59 Å². The van der Waals surface area contributed by atoms with Gasteiger partial charge in [0.1, 0.15) is 11.8 Å². The maximum absolute atomic E-state index is 13.1. The fraction of sp³-hybridized carbons (Fsp3) is 0.333. The van der Waals surface area contributed by atoms with Crippen LogP contribution in [0.15, 0.2) is 54.6 Å². The molecule has 0 unspecified atom stereocenters. The first-order valence-electron chi connectivity index (χ1n) is 8.51. The van der Waals surface area contributed by atoms with Crippen LogP contribution in [-0.4, -0.2) is 26.0 Å². The van der Waals surface area contributed by atoms with E-state index in [9.17, 15) is 9.59 Å². The van der Waals surface area contributed by atoms with E-state index in [0.717, 1.165) is 5.69 Å². The van der Waals surface area contributed by atoms with Crippen LogP contribution in [0.2, 0.25) is 0 Å². The number of hydrogen-bond acceptors (Lipinski definition) is 3. The van der Waals surface area contributed by atoms with Crippen LogP contribution in [0.5, 0.6) is 5.75 Å². The molecule has 1 atom stereocenters. The second-order valence-electron chi connectivity index (χ2n) is 7.16. The molecule has 5 nitrogen and oxygen atoms in total. The van der Waals surface area contributed by atoms with Crippen molar-refractivity contribution in [1.82, 2.24) is 5.32 Å². The highest BCUT2D eigenvalue weighted by Crippen LogP contribution is 2.24. The van der Waals surface area contributed by atoms with Gasteiger partial charge in [-0.15, -0.1) is 0 Å². The average molecular weight is 354 g/mol. The first-order valence-corrected chi connectivity index (χ1v) is 8.51. The number of ether oxygens (including phenoxy) is 1. The van der Waals surface area contributed by atoms with Crippen molar-refractivity contribution in [2.75, 3.05) is 19.1 Å². The minimum Gasteiger partial charge on any atom is -0.497 e. The predicted octanol–water partition coefficient (Wildman–Crippen LogP) is 3.56. The lowest BCUT2D eigenvalue weighted by Crippen LogP contribution is -2.45. The minimum absolute atomic E-state index is 0.187. The molecular formula is C21H26N2O3. The molecule has 2 amide bonds. The molecule has 0 saturated heterocycles. The Morgan fingerprint density at radius 1 is 1.00 bits per heavy atom. The molecule has 2 rings (SSSR count). The summed E-state index contributed by atoms with van der Waals surface area (Å²) in [6.07, 6.45) is 0. The molecular weight excluding hydrogens is 328 g/mol. The molecule has 26 heavy (non-hydrogen) atoms. The molecule has 2 aromatic carbocycles. The van der Waals surface area contributed by atoms with E-state index in [-0.39, 0.29) is 11.8 Å². The minimum atomic E-state index is -0.780. The zero-order valence-corrected chi connectivity index (χ0v) is 15.9. The number of methoxy groups -OCH3 is 1. The summed E-state index contributed by atoms with van der Waals surface area (Å²) in [5, 5.41) is 2.89. The number of nitrogens with zero attached hydrogens (tertiary/aromatic N) is 1. The van der Waals surface area contributed by atoms with Crippen LogP contribution in [0.1, 0.15) is 32.4 Å². The second-order valence-corrected chi connectivity index (χ2v) is 7.16. The van der Waals surface area contributed by atoms with Crippen LogP contribution in [0.25, 0.3) is 0 Å². The van der Waals surface area contributed by atoms with Crippen LogP contribution < -0.4 is 15.0 Å². The second kappa shape index (κ2) is 8.04. The summed E-state index contributed by atoms with van der Waals surface area (Å²) in [5.74, 6) is 0.297. The molecule has 0 aliphatic rings. The number of anilines is 1. The third kappa shape index (κ3) is 4.63. The topological polar surface area (TPSA) is 58.6 Å². The lowest BCUT2D eigenvalue weighted by molar-refractivity contribution is -0.132. The van der Waals surface area contributed by atoms with Gasteiger partial charge >= 0.3 is 0 Å². The van der Waals surface area contributed by atoms with E-state index in [2.05, 4.69) is 5.32 Å². The fourth-order valence-electron chi connectivity index (χ4n) is 2.40. The average Bonchev–Trinajstić information content (AvgIpc) is 2.64. The molecule has 1 N–H and O–H groups in total. The zero-order chi connectivity index (χ0) is 19.3. The van der Waals surface area contributed by atoms with Gasteiger partial charge in [0.25, 0.3) is 5.91 Å². The van der Waals surface area contributed by atoms with Gasteiger partial charge in [-0.05, 0) is 29.8 Å². The highest BCUT2D eigenvalue weighted by atomic mass is 16.5. The zero-order valence-electron chi connectivity index (χ0n) is 15.9. The third-order valence-corrected chi connectivity index (χ3v) is 4.13. The number of carbonyl (C=O) groups excluding carboxylic acids is 2. The van der Waals surface area contributed by atoms with Crippen molar-refractivity contribution >= 4 is 17.5 Å². The number of rotatable bonds is 5. The molecule has 2 aromatic rings. The Morgan fingerprint density at radius 2 is 1.58 bits per heavy atom. The molecule has 0 radical (unpaired) electrons. The van der Waals surface area contributed by atoms with Crippen molar-refractivity contribution in [2.45, 2.75) is 26.8 Å². The molecule has 138 valence electrons. The largest absolute Gasteiger partial charge is 0.497 e. The van der Waals surface area contributed by atoms with E-state index in [0.29, 0.717) is 11.3 Å². The van der Waals surface area contributed by atoms with Gasteiger partial charge in [0.05, 0.1) is 7.11 Å². The summed E-state index contributed by atoms with van der Waals surface area (Å²) >= 11 is 0. The SMILES string of the molecule is COc1ccc([C@H](NC(=O)C(C)(C)C)C(=O)N(C)c2ccccc2)cc1. The number of carbonyl (C=O) groups is 2. The summed E-state index contributed by atoms with van der Waals surface area (Å²) in [6, 6.07) is 15.7. The maximum atomic E-state index is 13.1. The normalized spacial score (nSPS) is 12.2. The van der Waals surface area contributed by atoms with E-state index in [1.165, 1.54) is 0 Å². The van der Waals surface area contributed by atoms with Gasteiger partial charge in [0.15, 0.2) is 0 Å². The molecule has 0 heterocycles. The van der Waals surface area contributed by atoms with Crippen molar-refractivity contribution < 1.29 is 14.3 Å². The Hall–Kier alpha value is -2.82. The van der Waals surface area contributed by atoms with Crippen molar-refractivity contribution in [2.24, 2.45) is 5.41 Å². The summed E-state index contributed by atoms with van der Waals surface area (Å²) < 4.78 is 5.18. The van der Waals surface area contributed by atoms with Crippen LogP contribution in [0, 0.1) is 5.41 Å². The van der Waals surface area contributed by atoms with Crippen molar-refractivity contribution in [3.05, 3.63) is 60.2 Å². The highest BCUT2D eigenvalue weighted by Gasteiger charge is 2.30. The molecule has 0 aliphatic heterocycles. The van der Waals surface area contributed by atoms with Crippen LogP contribution in [0.4, 0.5) is 5.69 Å². The molecule has 0 bridgehead atoms. The maximum Gasteiger partial charge on any atom is 0.253 e. The van der Waals surface area contributed by atoms with Gasteiger partial charge < -0.3 is 15.0 Å². The lowest BCUT2D eigenvalue weighted by atomic mass is 9.94. The Labute approximate surface area is 155 Å². The molecule has 0 aromatic heterocycles. The van der Waals surface area contributed by atoms with Gasteiger partial charge in [-0.2, -0.15) is 0 Å². The van der Waals surface area contributed by atoms with E-state index >= 15 is 0 Å². The molecule has 0 aliphatic carbocycles. The first kappa shape index (κ1) is 19.5. The van der Waals surface area contributed by atoms with E-state index in [1.54, 1.807) is 43.3 Å². The summed E-state index contributed by atoms with van der Waals surface area (Å²) in [4.78, 5) is 27.2. The number of hydrogen-bond donors (Lipinski definition) is 1. The molecule has 0 saturated carbocycles. The smallest absolute Gasteiger partial charge is 0.253 e. The highest BCUT2D eigenvalue weighted by molar-refractivity contribution is 5.99. The molecule has 0 spiro atoms. The van der Waals surface area contributed by atoms with Gasteiger partial charge in [-0.3, -0.25) is 9.59 Å². The van der Waals surface area contributed by atoms with Gasteiger partial charge in [0, 0.05) is 18.2 Å². The van der Waals surface area contributed by atoms with Crippen molar-refractivity contribution in [1.29, 1.82) is 0 Å². The quantitative estimate of drug-likeness (QED) is 0.893. The van der Waals surface area contributed by atoms with Crippen LogP contribution in [0.3, 0.4) is 0 Å². The number of nitrogens with one attached hydrogen (secondary N) is 1. The summed E-state index contributed by atoms with van der Waals surface area (Å²) in [5.41, 5.74) is 0.869. The summed E-state index contributed by atoms with van der Waals surface area (Å²) in [7, 11) is 3.29. The number of amides is 2. The Morgan fingerprint density at radius 3 is 2.08 bits per heavy atom. The van der Waals surface area contributed by atoms with Gasteiger partial charge in [-0.25, -0.2) is 0 Å². The Kier molecular flexibility index (Phi) is 6.03. The van der Waals surface area contributed by atoms with Crippen molar-refractivity contribution in [3.8, 4) is 5.75 Å². The fourth-order valence-corrected chi connectivity index (χ4v) is 2.40. The lowest BCUT2D eigenvalue weighted by Gasteiger charge is -2.28. The first-order chi connectivity index (χ1) is 12.2.